The van der Waals surface area contributed by atoms with E-state index in [9.17, 15) is 0 Å². The summed E-state index contributed by atoms with van der Waals surface area (Å²) in [6.45, 7) is 0. The van der Waals surface area contributed by atoms with Gasteiger partial charge >= 0.3 is 46.6 Å². The molecule has 26 valence electrons. The van der Waals surface area contributed by atoms with Crippen molar-refractivity contribution in [2.24, 2.45) is 0 Å². The summed E-state index contributed by atoms with van der Waals surface area (Å²) >= 11 is 2.17. The topological polar surface area (TPSA) is 0 Å². The molecule has 0 aromatic carbocycles. The zero-order chi connectivity index (χ0) is 4.41. The van der Waals surface area contributed by atoms with E-state index in [0.29, 0.717) is 4.59 Å². The quantitative estimate of drug-likeness (QED) is 0.375. The van der Waals surface area contributed by atoms with E-state index in [-0.39, 0.29) is 0 Å². The summed E-state index contributed by atoms with van der Waals surface area (Å²) in [4.78, 5) is 0. The Labute approximate surface area is 47.1 Å². The van der Waals surface area contributed by atoms with Gasteiger partial charge in [-0.3, -0.25) is 0 Å². The zero-order valence-corrected chi connectivity index (χ0v) is 3.89. The van der Waals surface area contributed by atoms with Crippen molar-refractivity contribution in [3.05, 3.63) is 24.3 Å². The molecule has 0 saturated carbocycles. The molecule has 0 aromatic rings. The molecule has 0 N–H and O–H groups in total. The summed E-state index contributed by atoms with van der Waals surface area (Å²) in [5.74, 6) is 0. The Morgan fingerprint density at radius 2 is 1.67 bits per heavy atom. The van der Waals surface area contributed by atoms with Gasteiger partial charge in [-0.1, -0.05) is 0 Å². The first-order valence-corrected chi connectivity index (χ1v) is 2.24. The van der Waals surface area contributed by atoms with Crippen molar-refractivity contribution in [2.45, 2.75) is 4.59 Å². The van der Waals surface area contributed by atoms with Gasteiger partial charge in [0.25, 0.3) is 0 Å². The Kier molecular flexibility index (Phi) is 1.19. The molecule has 0 heterocycles. The molecule has 0 atom stereocenters. The van der Waals surface area contributed by atoms with Crippen LogP contribution in [0, 0.1) is 0 Å². The number of allylic oxidation sites excluding steroid dienone is 4. The molecule has 0 bridgehead atoms. The summed E-state index contributed by atoms with van der Waals surface area (Å²) < 4.78 is 0.685. The molecule has 6 heavy (non-hydrogen) atoms. The van der Waals surface area contributed by atoms with Gasteiger partial charge in [0.15, 0.2) is 0 Å². The summed E-state index contributed by atoms with van der Waals surface area (Å²) in [7, 11) is 0. The second-order valence-electron chi connectivity index (χ2n) is 1.63. The molecule has 1 rings (SSSR count). The first-order valence-electron chi connectivity index (χ1n) is 2.24. The van der Waals surface area contributed by atoms with Crippen LogP contribution in [0.15, 0.2) is 24.3 Å². The number of rotatable bonds is 0. The molecule has 0 spiro atoms. The minimum absolute atomic E-state index is 0.685. The van der Waals surface area contributed by atoms with Gasteiger partial charge in [0, 0.05) is 0 Å². The Morgan fingerprint density at radius 3 is 1.83 bits per heavy atom. The van der Waals surface area contributed by atoms with Crippen molar-refractivity contribution in [1.29, 1.82) is 0 Å². The first-order chi connectivity index (χ1) is 2.89. The molecule has 0 amide bonds. The van der Waals surface area contributed by atoms with Crippen LogP contribution in [-0.4, -0.2) is 17.7 Å². The van der Waals surface area contributed by atoms with Crippen LogP contribution in [0.2, 0.25) is 4.59 Å². The second-order valence-corrected chi connectivity index (χ2v) is 1.63. The maximum atomic E-state index is 2.17. The fraction of sp³-hybridized carbons (Fsp3) is 0.200. The Bertz CT molecular complexity index is 80.1. The van der Waals surface area contributed by atoms with Crippen LogP contribution in [0.3, 0.4) is 0 Å². The van der Waals surface area contributed by atoms with Crippen molar-refractivity contribution in [2.75, 3.05) is 0 Å². The fourth-order valence-electron chi connectivity index (χ4n) is 0.543. The standard InChI is InChI=1S/C5H5.Li/c1-2-4-5-3-1;/h1-5H;. The third-order valence-electron chi connectivity index (χ3n) is 0.940. The molecule has 0 radical (unpaired) electrons. The van der Waals surface area contributed by atoms with E-state index in [0.717, 1.165) is 0 Å². The van der Waals surface area contributed by atoms with E-state index in [4.69, 9.17) is 0 Å². The van der Waals surface area contributed by atoms with Gasteiger partial charge in [-0.05, 0) is 0 Å². The van der Waals surface area contributed by atoms with Crippen LogP contribution in [0.25, 0.3) is 0 Å². The summed E-state index contributed by atoms with van der Waals surface area (Å²) in [5, 5.41) is 0. The Balaban J connectivity index is 2.60. The van der Waals surface area contributed by atoms with Crippen LogP contribution in [0.5, 0.6) is 0 Å². The van der Waals surface area contributed by atoms with Gasteiger partial charge in [0.2, 0.25) is 0 Å². The van der Waals surface area contributed by atoms with Crippen molar-refractivity contribution in [1.82, 2.24) is 0 Å². The summed E-state index contributed by atoms with van der Waals surface area (Å²) in [6.07, 6.45) is 8.48. The Hall–Kier alpha value is 0.0774. The zero-order valence-electron chi connectivity index (χ0n) is 3.89. The van der Waals surface area contributed by atoms with E-state index in [1.54, 1.807) is 0 Å². The molecule has 0 aliphatic heterocycles. The third-order valence-corrected chi connectivity index (χ3v) is 0.940. The fourth-order valence-corrected chi connectivity index (χ4v) is 0.543. The molecule has 1 aliphatic rings. The summed E-state index contributed by atoms with van der Waals surface area (Å²) in [5.41, 5.74) is 0. The van der Waals surface area contributed by atoms with Crippen LogP contribution in [0.4, 0.5) is 0 Å². The van der Waals surface area contributed by atoms with Gasteiger partial charge in [-0.15, -0.1) is 0 Å². The molecular weight excluding hydrogens is 67.0 g/mol. The van der Waals surface area contributed by atoms with Gasteiger partial charge in [0.1, 0.15) is 0 Å². The van der Waals surface area contributed by atoms with Crippen LogP contribution in [0.1, 0.15) is 0 Å². The molecule has 1 aliphatic carbocycles. The van der Waals surface area contributed by atoms with E-state index in [1.165, 1.54) is 0 Å². The van der Waals surface area contributed by atoms with E-state index < -0.39 is 0 Å². The van der Waals surface area contributed by atoms with Gasteiger partial charge in [-0.25, -0.2) is 0 Å². The number of hydrogen-bond donors (Lipinski definition) is 0. The predicted molar refractivity (Wildman–Crippen MR) is 27.8 cm³/mol. The van der Waals surface area contributed by atoms with Crippen molar-refractivity contribution in [3.63, 3.8) is 0 Å². The van der Waals surface area contributed by atoms with Crippen LogP contribution >= 0.6 is 0 Å². The van der Waals surface area contributed by atoms with Gasteiger partial charge in [-0.2, -0.15) is 0 Å². The summed E-state index contributed by atoms with van der Waals surface area (Å²) in [6, 6.07) is 0. The van der Waals surface area contributed by atoms with Crippen molar-refractivity contribution in [3.8, 4) is 0 Å². The molecule has 1 heteroatoms. The third kappa shape index (κ3) is 0.771. The molecule has 0 fully saturated rings. The molecule has 0 saturated heterocycles. The first kappa shape index (κ1) is 4.24. The van der Waals surface area contributed by atoms with E-state index >= 15 is 0 Å². The maximum absolute atomic E-state index is 2.17. The predicted octanol–water partition coefficient (Wildman–Crippen LogP) is 1.07. The second kappa shape index (κ2) is 1.69. The molecular formula is C5H5Li. The van der Waals surface area contributed by atoms with Gasteiger partial charge < -0.3 is 0 Å². The normalized spacial score (nSPS) is 20.3. The average Bonchev–Trinajstić information content (AvgIpc) is 1.86. The molecule has 0 unspecified atom stereocenters. The van der Waals surface area contributed by atoms with Gasteiger partial charge in [0.05, 0.1) is 0 Å². The number of hydrogen-bond acceptors (Lipinski definition) is 0. The Morgan fingerprint density at radius 1 is 1.17 bits per heavy atom. The molecule has 0 aromatic heterocycles. The average molecular weight is 72.0 g/mol. The van der Waals surface area contributed by atoms with Crippen molar-refractivity contribution < 1.29 is 0 Å². The van der Waals surface area contributed by atoms with Crippen LogP contribution in [-0.2, 0) is 0 Å². The molecule has 0 nitrogen and oxygen atoms in total. The monoisotopic (exact) mass is 72.1 g/mol. The van der Waals surface area contributed by atoms with Crippen molar-refractivity contribution >= 4 is 17.7 Å². The SMILES string of the molecule is [Li][CH]1C=CC=C1. The minimum atomic E-state index is 0.685. The van der Waals surface area contributed by atoms with E-state index in [1.807, 2.05) is 0 Å². The van der Waals surface area contributed by atoms with Crippen LogP contribution < -0.4 is 0 Å². The van der Waals surface area contributed by atoms with E-state index in [2.05, 4.69) is 42.0 Å².